The number of halogens is 1. The SMILES string of the molecule is C[C@@H](CNCC(=O)O)Cc1ccc(OCc2ccccc2Cl)cc1. The molecule has 0 amide bonds. The fraction of sp³-hybridized carbons (Fsp3) is 0.316. The fourth-order valence-electron chi connectivity index (χ4n) is 2.40. The third kappa shape index (κ3) is 6.22. The van der Waals surface area contributed by atoms with Gasteiger partial charge in [-0.1, -0.05) is 48.9 Å². The van der Waals surface area contributed by atoms with Gasteiger partial charge in [0.1, 0.15) is 12.4 Å². The lowest BCUT2D eigenvalue weighted by atomic mass is 10.0. The van der Waals surface area contributed by atoms with Gasteiger partial charge in [0.05, 0.1) is 6.54 Å². The summed E-state index contributed by atoms with van der Waals surface area (Å²) >= 11 is 6.11. The van der Waals surface area contributed by atoms with Crippen molar-refractivity contribution in [3.8, 4) is 5.75 Å². The molecule has 2 rings (SSSR count). The second kappa shape index (κ2) is 9.30. The van der Waals surface area contributed by atoms with Crippen molar-refractivity contribution >= 4 is 17.6 Å². The summed E-state index contributed by atoms with van der Waals surface area (Å²) in [5, 5.41) is 12.2. The van der Waals surface area contributed by atoms with Crippen LogP contribution in [0.25, 0.3) is 0 Å². The molecule has 0 heterocycles. The van der Waals surface area contributed by atoms with E-state index in [-0.39, 0.29) is 6.54 Å². The second-order valence-corrected chi connectivity index (χ2v) is 6.27. The van der Waals surface area contributed by atoms with Crippen LogP contribution in [0.15, 0.2) is 48.5 Å². The summed E-state index contributed by atoms with van der Waals surface area (Å²) in [7, 11) is 0. The van der Waals surface area contributed by atoms with Crippen molar-refractivity contribution in [1.29, 1.82) is 0 Å². The van der Waals surface area contributed by atoms with Crippen molar-refractivity contribution in [1.82, 2.24) is 5.32 Å². The smallest absolute Gasteiger partial charge is 0.317 e. The zero-order chi connectivity index (χ0) is 17.4. The minimum Gasteiger partial charge on any atom is -0.489 e. The number of carboxylic acid groups (broad SMARTS) is 1. The molecule has 2 aromatic carbocycles. The zero-order valence-electron chi connectivity index (χ0n) is 13.7. The summed E-state index contributed by atoms with van der Waals surface area (Å²) in [5.41, 5.74) is 2.16. The van der Waals surface area contributed by atoms with Crippen molar-refractivity contribution in [3.63, 3.8) is 0 Å². The Bertz CT molecular complexity index is 658. The molecular formula is C19H22ClNO3. The average Bonchev–Trinajstić information content (AvgIpc) is 2.55. The first-order valence-corrected chi connectivity index (χ1v) is 8.30. The Labute approximate surface area is 147 Å². The maximum absolute atomic E-state index is 10.5. The molecule has 1 atom stereocenters. The highest BCUT2D eigenvalue weighted by Gasteiger charge is 2.06. The molecule has 0 fully saturated rings. The van der Waals surface area contributed by atoms with Gasteiger partial charge in [-0.15, -0.1) is 0 Å². The normalized spacial score (nSPS) is 11.9. The minimum absolute atomic E-state index is 0.000830. The number of carboxylic acids is 1. The summed E-state index contributed by atoms with van der Waals surface area (Å²) < 4.78 is 5.76. The van der Waals surface area contributed by atoms with Gasteiger partial charge in [0, 0.05) is 10.6 Å². The molecule has 0 bridgehead atoms. The molecule has 0 unspecified atom stereocenters. The van der Waals surface area contributed by atoms with E-state index in [1.54, 1.807) is 0 Å². The predicted octanol–water partition coefficient (Wildman–Crippen LogP) is 3.77. The second-order valence-electron chi connectivity index (χ2n) is 5.86. The Morgan fingerprint density at radius 3 is 2.58 bits per heavy atom. The van der Waals surface area contributed by atoms with E-state index in [9.17, 15) is 4.79 Å². The molecule has 0 spiro atoms. The Balaban J connectivity index is 1.80. The summed E-state index contributed by atoms with van der Waals surface area (Å²) in [5.74, 6) is 0.330. The zero-order valence-corrected chi connectivity index (χ0v) is 14.4. The number of ether oxygens (including phenoxy) is 1. The molecular weight excluding hydrogens is 326 g/mol. The third-order valence-corrected chi connectivity index (χ3v) is 4.00. The molecule has 0 saturated heterocycles. The van der Waals surface area contributed by atoms with E-state index in [0.29, 0.717) is 24.1 Å². The Hall–Kier alpha value is -2.04. The van der Waals surface area contributed by atoms with Gasteiger partial charge in [-0.2, -0.15) is 0 Å². The number of rotatable bonds is 9. The van der Waals surface area contributed by atoms with Crippen LogP contribution >= 0.6 is 11.6 Å². The summed E-state index contributed by atoms with van der Waals surface area (Å²) in [4.78, 5) is 10.5. The topological polar surface area (TPSA) is 58.6 Å². The number of nitrogens with one attached hydrogen (secondary N) is 1. The van der Waals surface area contributed by atoms with E-state index in [2.05, 4.69) is 12.2 Å². The standard InChI is InChI=1S/C19H22ClNO3/c1-14(11-21-12-19(22)23)10-15-6-8-17(9-7-15)24-13-16-4-2-3-5-18(16)20/h2-9,14,21H,10-13H2,1H3,(H,22,23)/t14-/m1/s1. The van der Waals surface area contributed by atoms with Gasteiger partial charge >= 0.3 is 5.97 Å². The van der Waals surface area contributed by atoms with Gasteiger partial charge in [0.15, 0.2) is 0 Å². The molecule has 0 aliphatic carbocycles. The number of benzene rings is 2. The molecule has 128 valence electrons. The van der Waals surface area contributed by atoms with Crippen molar-refractivity contribution in [2.45, 2.75) is 20.0 Å². The van der Waals surface area contributed by atoms with Gasteiger partial charge < -0.3 is 15.2 Å². The van der Waals surface area contributed by atoms with E-state index in [1.165, 1.54) is 5.56 Å². The highest BCUT2D eigenvalue weighted by molar-refractivity contribution is 6.31. The van der Waals surface area contributed by atoms with E-state index in [1.807, 2.05) is 48.5 Å². The van der Waals surface area contributed by atoms with Crippen LogP contribution in [0.1, 0.15) is 18.1 Å². The summed E-state index contributed by atoms with van der Waals surface area (Å²) in [6.45, 7) is 3.21. The Kier molecular flexibility index (Phi) is 7.09. The number of aliphatic carboxylic acids is 1. The van der Waals surface area contributed by atoms with Crippen molar-refractivity contribution in [3.05, 3.63) is 64.7 Å². The van der Waals surface area contributed by atoms with E-state index < -0.39 is 5.97 Å². The fourth-order valence-corrected chi connectivity index (χ4v) is 2.59. The molecule has 24 heavy (non-hydrogen) atoms. The lowest BCUT2D eigenvalue weighted by molar-refractivity contribution is -0.135. The van der Waals surface area contributed by atoms with Crippen LogP contribution in [0.2, 0.25) is 5.02 Å². The Morgan fingerprint density at radius 2 is 1.92 bits per heavy atom. The van der Waals surface area contributed by atoms with Gasteiger partial charge in [-0.3, -0.25) is 4.79 Å². The first-order valence-electron chi connectivity index (χ1n) is 7.92. The number of hydrogen-bond acceptors (Lipinski definition) is 3. The molecule has 2 N–H and O–H groups in total. The van der Waals surface area contributed by atoms with Crippen LogP contribution in [0, 0.1) is 5.92 Å². The molecule has 0 aromatic heterocycles. The highest BCUT2D eigenvalue weighted by atomic mass is 35.5. The minimum atomic E-state index is -0.831. The van der Waals surface area contributed by atoms with Crippen molar-refractivity contribution in [2.24, 2.45) is 5.92 Å². The lowest BCUT2D eigenvalue weighted by Crippen LogP contribution is -2.27. The van der Waals surface area contributed by atoms with Crippen LogP contribution < -0.4 is 10.1 Å². The summed E-state index contributed by atoms with van der Waals surface area (Å²) in [6.07, 6.45) is 0.886. The maximum atomic E-state index is 10.5. The van der Waals surface area contributed by atoms with Crippen molar-refractivity contribution in [2.75, 3.05) is 13.1 Å². The van der Waals surface area contributed by atoms with Crippen LogP contribution in [-0.2, 0) is 17.8 Å². The van der Waals surface area contributed by atoms with E-state index >= 15 is 0 Å². The quantitative estimate of drug-likeness (QED) is 0.725. The van der Waals surface area contributed by atoms with Crippen LogP contribution in [0.5, 0.6) is 5.75 Å². The van der Waals surface area contributed by atoms with Gasteiger partial charge in [0.2, 0.25) is 0 Å². The molecule has 0 radical (unpaired) electrons. The molecule has 2 aromatic rings. The van der Waals surface area contributed by atoms with Gasteiger partial charge in [-0.25, -0.2) is 0 Å². The highest BCUT2D eigenvalue weighted by Crippen LogP contribution is 2.19. The average molecular weight is 348 g/mol. The first-order chi connectivity index (χ1) is 11.5. The summed E-state index contributed by atoms with van der Waals surface area (Å²) in [6, 6.07) is 15.6. The van der Waals surface area contributed by atoms with Gasteiger partial charge in [-0.05, 0) is 42.6 Å². The van der Waals surface area contributed by atoms with Gasteiger partial charge in [0.25, 0.3) is 0 Å². The van der Waals surface area contributed by atoms with Crippen LogP contribution in [-0.4, -0.2) is 24.2 Å². The first kappa shape index (κ1) is 18.3. The number of hydrogen-bond donors (Lipinski definition) is 2. The molecule has 0 aliphatic heterocycles. The third-order valence-electron chi connectivity index (χ3n) is 3.63. The van der Waals surface area contributed by atoms with E-state index in [0.717, 1.165) is 17.7 Å². The van der Waals surface area contributed by atoms with Crippen molar-refractivity contribution < 1.29 is 14.6 Å². The maximum Gasteiger partial charge on any atom is 0.317 e. The molecule has 5 heteroatoms. The number of carbonyl (C=O) groups is 1. The lowest BCUT2D eigenvalue weighted by Gasteiger charge is -2.12. The van der Waals surface area contributed by atoms with E-state index in [4.69, 9.17) is 21.4 Å². The van der Waals surface area contributed by atoms with Crippen LogP contribution in [0.4, 0.5) is 0 Å². The van der Waals surface area contributed by atoms with Crippen LogP contribution in [0.3, 0.4) is 0 Å². The monoisotopic (exact) mass is 347 g/mol. The molecule has 0 saturated carbocycles. The largest absolute Gasteiger partial charge is 0.489 e. The predicted molar refractivity (Wildman–Crippen MR) is 95.6 cm³/mol. The molecule has 0 aliphatic rings. The Morgan fingerprint density at radius 1 is 1.21 bits per heavy atom. The molecule has 4 nitrogen and oxygen atoms in total.